The molecule has 1 aliphatic rings. The maximum Gasteiger partial charge on any atom is 0.234 e. The molecule has 2 nitrogen and oxygen atoms in total. The Bertz CT molecular complexity index is 392. The highest BCUT2D eigenvalue weighted by Crippen LogP contribution is 2.48. The molecule has 1 aromatic rings. The fourth-order valence-electron chi connectivity index (χ4n) is 1.69. The summed E-state index contributed by atoms with van der Waals surface area (Å²) in [6.45, 7) is 0.576. The first-order chi connectivity index (χ1) is 6.77. The minimum atomic E-state index is 0.126. The number of benzene rings is 1. The second-order valence-corrected chi connectivity index (χ2v) is 4.61. The summed E-state index contributed by atoms with van der Waals surface area (Å²) in [6.07, 6.45) is 3.85. The molecule has 72 valence electrons. The van der Waals surface area contributed by atoms with Crippen molar-refractivity contribution in [3.63, 3.8) is 0 Å². The lowest BCUT2D eigenvalue weighted by Gasteiger charge is -2.11. The second kappa shape index (κ2) is 3.68. The second-order valence-electron chi connectivity index (χ2n) is 3.70. The highest BCUT2D eigenvalue weighted by molar-refractivity contribution is 9.10. The van der Waals surface area contributed by atoms with Crippen LogP contribution in [0.2, 0.25) is 0 Å². The van der Waals surface area contributed by atoms with Gasteiger partial charge in [0, 0.05) is 9.89 Å². The summed E-state index contributed by atoms with van der Waals surface area (Å²) in [7, 11) is 0. The van der Waals surface area contributed by atoms with Crippen LogP contribution in [0, 0.1) is 0 Å². The molecule has 0 saturated heterocycles. The lowest BCUT2D eigenvalue weighted by Crippen LogP contribution is -2.10. The number of rotatable bonds is 3. The van der Waals surface area contributed by atoms with E-state index in [4.69, 9.17) is 0 Å². The van der Waals surface area contributed by atoms with E-state index in [1.807, 2.05) is 12.1 Å². The van der Waals surface area contributed by atoms with Crippen molar-refractivity contribution in [3.8, 4) is 0 Å². The Morgan fingerprint density at radius 1 is 1.50 bits per heavy atom. The van der Waals surface area contributed by atoms with E-state index in [0.717, 1.165) is 17.3 Å². The lowest BCUT2D eigenvalue weighted by molar-refractivity contribution is 0.559. The first kappa shape index (κ1) is 9.63. The topological polar surface area (TPSA) is 29.4 Å². The normalized spacial score (nSPS) is 17.2. The van der Waals surface area contributed by atoms with Crippen molar-refractivity contribution in [2.24, 2.45) is 4.99 Å². The van der Waals surface area contributed by atoms with Gasteiger partial charge in [-0.2, -0.15) is 0 Å². The molecule has 0 aliphatic heterocycles. The highest BCUT2D eigenvalue weighted by atomic mass is 79.9. The van der Waals surface area contributed by atoms with E-state index >= 15 is 0 Å². The average Bonchev–Trinajstić information content (AvgIpc) is 2.96. The summed E-state index contributed by atoms with van der Waals surface area (Å²) in [5, 5.41) is 0. The van der Waals surface area contributed by atoms with Gasteiger partial charge < -0.3 is 0 Å². The predicted molar refractivity (Wildman–Crippen MR) is 58.0 cm³/mol. The molecule has 14 heavy (non-hydrogen) atoms. The molecule has 0 atom stereocenters. The zero-order chi connectivity index (χ0) is 10.0. The zero-order valence-corrected chi connectivity index (χ0v) is 9.25. The Kier molecular flexibility index (Phi) is 2.53. The van der Waals surface area contributed by atoms with E-state index in [1.165, 1.54) is 5.56 Å². The number of hydrogen-bond acceptors (Lipinski definition) is 2. The number of nitrogens with zero attached hydrogens (tertiary/aromatic N) is 1. The molecule has 1 saturated carbocycles. The third-order valence-electron chi connectivity index (χ3n) is 2.74. The molecule has 0 amide bonds. The lowest BCUT2D eigenvalue weighted by atomic mass is 9.96. The maximum atomic E-state index is 10.1. The third kappa shape index (κ3) is 1.79. The van der Waals surface area contributed by atoms with E-state index < -0.39 is 0 Å². The van der Waals surface area contributed by atoms with Gasteiger partial charge in [0.05, 0.1) is 6.54 Å². The van der Waals surface area contributed by atoms with Gasteiger partial charge in [0.2, 0.25) is 6.08 Å². The van der Waals surface area contributed by atoms with Crippen molar-refractivity contribution in [1.29, 1.82) is 0 Å². The number of aliphatic imine (C=N–C) groups is 1. The van der Waals surface area contributed by atoms with Crippen molar-refractivity contribution < 1.29 is 4.79 Å². The van der Waals surface area contributed by atoms with Crippen LogP contribution < -0.4 is 0 Å². The van der Waals surface area contributed by atoms with E-state index in [0.29, 0.717) is 6.54 Å². The summed E-state index contributed by atoms with van der Waals surface area (Å²) in [5.41, 5.74) is 1.40. The molecule has 1 aliphatic carbocycles. The largest absolute Gasteiger partial charge is 0.234 e. The summed E-state index contributed by atoms with van der Waals surface area (Å²) < 4.78 is 1.08. The fraction of sp³-hybridized carbons (Fsp3) is 0.364. The van der Waals surface area contributed by atoms with Gasteiger partial charge in [-0.25, -0.2) is 9.79 Å². The van der Waals surface area contributed by atoms with Gasteiger partial charge in [-0.05, 0) is 30.5 Å². The van der Waals surface area contributed by atoms with Gasteiger partial charge in [-0.15, -0.1) is 0 Å². The van der Waals surface area contributed by atoms with Crippen molar-refractivity contribution in [3.05, 3.63) is 34.3 Å². The number of carbonyl (C=O) groups excluding carboxylic acids is 1. The highest BCUT2D eigenvalue weighted by Gasteiger charge is 2.44. The van der Waals surface area contributed by atoms with Crippen LogP contribution in [0.5, 0.6) is 0 Å². The van der Waals surface area contributed by atoms with Crippen LogP contribution in [-0.4, -0.2) is 12.6 Å². The predicted octanol–water partition coefficient (Wildman–Crippen LogP) is 2.82. The smallest absolute Gasteiger partial charge is 0.211 e. The van der Waals surface area contributed by atoms with Crippen molar-refractivity contribution >= 4 is 22.0 Å². The van der Waals surface area contributed by atoms with Crippen molar-refractivity contribution in [1.82, 2.24) is 0 Å². The molecule has 0 radical (unpaired) electrons. The van der Waals surface area contributed by atoms with E-state index in [1.54, 1.807) is 6.08 Å². The first-order valence-electron chi connectivity index (χ1n) is 4.56. The molecule has 3 heteroatoms. The minimum absolute atomic E-state index is 0.126. The Balaban J connectivity index is 2.26. The van der Waals surface area contributed by atoms with Crippen LogP contribution in [0.4, 0.5) is 0 Å². The van der Waals surface area contributed by atoms with Gasteiger partial charge in [-0.1, -0.05) is 28.1 Å². The van der Waals surface area contributed by atoms with E-state index in [9.17, 15) is 4.79 Å². The van der Waals surface area contributed by atoms with Crippen LogP contribution in [-0.2, 0) is 10.2 Å². The van der Waals surface area contributed by atoms with Gasteiger partial charge in [0.25, 0.3) is 0 Å². The molecule has 0 unspecified atom stereocenters. The molecule has 0 heterocycles. The maximum absolute atomic E-state index is 10.1. The van der Waals surface area contributed by atoms with Crippen LogP contribution in [0.25, 0.3) is 0 Å². The molecule has 0 aromatic heterocycles. The molecule has 0 spiro atoms. The quantitative estimate of drug-likeness (QED) is 0.600. The molecule has 2 rings (SSSR count). The summed E-state index contributed by atoms with van der Waals surface area (Å²) in [5.74, 6) is 0. The van der Waals surface area contributed by atoms with Crippen LogP contribution in [0.3, 0.4) is 0 Å². The van der Waals surface area contributed by atoms with Crippen molar-refractivity contribution in [2.45, 2.75) is 18.3 Å². The van der Waals surface area contributed by atoms with Gasteiger partial charge in [0.15, 0.2) is 0 Å². The van der Waals surface area contributed by atoms with Crippen LogP contribution in [0.15, 0.2) is 33.7 Å². The summed E-state index contributed by atoms with van der Waals surface area (Å²) in [4.78, 5) is 13.8. The van der Waals surface area contributed by atoms with Gasteiger partial charge in [0.1, 0.15) is 0 Å². The SMILES string of the molecule is O=C=NCC1(c2cccc(Br)c2)CC1. The number of isocyanates is 1. The molecule has 1 fully saturated rings. The fourth-order valence-corrected chi connectivity index (χ4v) is 2.09. The Hall–Kier alpha value is -0.920. The van der Waals surface area contributed by atoms with Crippen LogP contribution >= 0.6 is 15.9 Å². The molecule has 1 aromatic carbocycles. The monoisotopic (exact) mass is 251 g/mol. The summed E-state index contributed by atoms with van der Waals surface area (Å²) >= 11 is 3.44. The Morgan fingerprint density at radius 2 is 2.29 bits per heavy atom. The minimum Gasteiger partial charge on any atom is -0.211 e. The van der Waals surface area contributed by atoms with Crippen LogP contribution in [0.1, 0.15) is 18.4 Å². The summed E-state index contributed by atoms with van der Waals surface area (Å²) in [6, 6.07) is 8.22. The third-order valence-corrected chi connectivity index (χ3v) is 3.23. The standard InChI is InChI=1S/C11H10BrNO/c12-10-3-1-2-9(6-10)11(4-5-11)7-13-8-14/h1-3,6H,4-5,7H2. The molecule has 0 bridgehead atoms. The van der Waals surface area contributed by atoms with E-state index in [-0.39, 0.29) is 5.41 Å². The number of halogens is 1. The Morgan fingerprint density at radius 3 is 2.86 bits per heavy atom. The number of hydrogen-bond donors (Lipinski definition) is 0. The van der Waals surface area contributed by atoms with Crippen molar-refractivity contribution in [2.75, 3.05) is 6.54 Å². The Labute approximate surface area is 91.2 Å². The zero-order valence-electron chi connectivity index (χ0n) is 7.66. The molecular weight excluding hydrogens is 242 g/mol. The molecular formula is C11H10BrNO. The molecule has 0 N–H and O–H groups in total. The van der Waals surface area contributed by atoms with Gasteiger partial charge >= 0.3 is 0 Å². The van der Waals surface area contributed by atoms with E-state index in [2.05, 4.69) is 33.1 Å². The first-order valence-corrected chi connectivity index (χ1v) is 5.36. The average molecular weight is 252 g/mol. The van der Waals surface area contributed by atoms with Gasteiger partial charge in [-0.3, -0.25) is 0 Å².